The first kappa shape index (κ1) is 22.2. The van der Waals surface area contributed by atoms with E-state index in [1.165, 1.54) is 12.3 Å². The van der Waals surface area contributed by atoms with E-state index in [0.717, 1.165) is 37.3 Å². The molecule has 2 heterocycles. The molecular weight excluding hydrogens is 407 g/mol. The summed E-state index contributed by atoms with van der Waals surface area (Å²) in [5, 5.41) is 0. The minimum Gasteiger partial charge on any atom is -0.447 e. The van der Waals surface area contributed by atoms with Gasteiger partial charge in [0, 0.05) is 51.4 Å². The third-order valence-corrected chi connectivity index (χ3v) is 5.83. The number of hydrogen-bond donors (Lipinski definition) is 0. The van der Waals surface area contributed by atoms with Crippen LogP contribution in [-0.4, -0.2) is 58.3 Å². The van der Waals surface area contributed by atoms with Crippen molar-refractivity contribution in [1.82, 2.24) is 19.7 Å². The van der Waals surface area contributed by atoms with E-state index in [-0.39, 0.29) is 11.7 Å². The molecule has 0 unspecified atom stereocenters. The van der Waals surface area contributed by atoms with Gasteiger partial charge in [0.15, 0.2) is 5.69 Å². The number of carbonyl (C=O) groups excluding carboxylic acids is 1. The Labute approximate surface area is 188 Å². The highest BCUT2D eigenvalue weighted by Crippen LogP contribution is 2.15. The van der Waals surface area contributed by atoms with Crippen molar-refractivity contribution in [1.29, 1.82) is 0 Å². The maximum Gasteiger partial charge on any atom is 0.276 e. The zero-order valence-electron chi connectivity index (χ0n) is 18.4. The predicted octanol–water partition coefficient (Wildman–Crippen LogP) is 3.79. The van der Waals surface area contributed by atoms with Gasteiger partial charge in [-0.1, -0.05) is 48.5 Å². The molecule has 1 fully saturated rings. The van der Waals surface area contributed by atoms with Gasteiger partial charge in [0.05, 0.1) is 6.54 Å². The topological polar surface area (TPSA) is 52.8 Å². The van der Waals surface area contributed by atoms with Gasteiger partial charge in [-0.3, -0.25) is 14.6 Å². The average Bonchev–Trinajstić information content (AvgIpc) is 3.29. The summed E-state index contributed by atoms with van der Waals surface area (Å²) in [7, 11) is 0. The zero-order chi connectivity index (χ0) is 22.3. The van der Waals surface area contributed by atoms with E-state index in [2.05, 4.69) is 14.8 Å². The van der Waals surface area contributed by atoms with Crippen molar-refractivity contribution >= 4 is 5.91 Å². The quantitative estimate of drug-likeness (QED) is 0.538. The van der Waals surface area contributed by atoms with Gasteiger partial charge >= 0.3 is 0 Å². The summed E-state index contributed by atoms with van der Waals surface area (Å²) in [6.45, 7) is 7.66. The monoisotopic (exact) mass is 436 g/mol. The second-order valence-electron chi connectivity index (χ2n) is 8.08. The summed E-state index contributed by atoms with van der Waals surface area (Å²) in [4.78, 5) is 23.6. The number of benzene rings is 2. The Morgan fingerprint density at radius 2 is 1.66 bits per heavy atom. The van der Waals surface area contributed by atoms with Crippen LogP contribution in [0.15, 0.2) is 65.3 Å². The van der Waals surface area contributed by atoms with E-state index >= 15 is 0 Å². The molecule has 7 heteroatoms. The number of hydrogen-bond acceptors (Lipinski definition) is 5. The smallest absolute Gasteiger partial charge is 0.276 e. The van der Waals surface area contributed by atoms with Crippen molar-refractivity contribution in [3.8, 4) is 0 Å². The minimum atomic E-state index is -0.153. The number of carbonyl (C=O) groups is 1. The summed E-state index contributed by atoms with van der Waals surface area (Å²) in [6.07, 6.45) is 1.46. The lowest BCUT2D eigenvalue weighted by Crippen LogP contribution is -2.45. The van der Waals surface area contributed by atoms with Crippen LogP contribution in [0.3, 0.4) is 0 Å². The second-order valence-corrected chi connectivity index (χ2v) is 8.08. The number of nitrogens with zero attached hydrogens (tertiary/aromatic N) is 4. The Bertz CT molecular complexity index is 1020. The van der Waals surface area contributed by atoms with Crippen LogP contribution in [0.1, 0.15) is 34.4 Å². The van der Waals surface area contributed by atoms with Gasteiger partial charge in [-0.2, -0.15) is 0 Å². The zero-order valence-corrected chi connectivity index (χ0v) is 18.4. The molecule has 4 rings (SSSR count). The van der Waals surface area contributed by atoms with Crippen LogP contribution in [0, 0.1) is 5.82 Å². The minimum absolute atomic E-state index is 0.124. The number of halogens is 1. The summed E-state index contributed by atoms with van der Waals surface area (Å²) >= 11 is 0. The van der Waals surface area contributed by atoms with Gasteiger partial charge in [0.25, 0.3) is 5.91 Å². The number of rotatable bonds is 8. The van der Waals surface area contributed by atoms with E-state index in [1.54, 1.807) is 11.0 Å². The molecule has 168 valence electrons. The lowest BCUT2D eigenvalue weighted by molar-refractivity contribution is 0.0746. The fourth-order valence-electron chi connectivity index (χ4n) is 3.94. The maximum atomic E-state index is 13.9. The molecular formula is C25H29FN4O2. The highest BCUT2D eigenvalue weighted by atomic mass is 19.1. The van der Waals surface area contributed by atoms with Crippen LogP contribution in [0.25, 0.3) is 0 Å². The van der Waals surface area contributed by atoms with Crippen LogP contribution < -0.4 is 0 Å². The summed E-state index contributed by atoms with van der Waals surface area (Å²) < 4.78 is 19.5. The lowest BCUT2D eigenvalue weighted by atomic mass is 10.2. The molecule has 0 aliphatic carbocycles. The second kappa shape index (κ2) is 10.5. The van der Waals surface area contributed by atoms with Gasteiger partial charge in [-0.05, 0) is 18.6 Å². The summed E-state index contributed by atoms with van der Waals surface area (Å²) in [5.74, 6) is 0.271. The Morgan fingerprint density at radius 1 is 1.00 bits per heavy atom. The van der Waals surface area contributed by atoms with Gasteiger partial charge < -0.3 is 9.32 Å². The molecule has 3 aromatic rings. The first-order valence-corrected chi connectivity index (χ1v) is 11.1. The number of piperazine rings is 1. The first-order valence-electron chi connectivity index (χ1n) is 11.1. The standard InChI is InChI=1S/C25H29FN4O2/c1-2-30(16-20-8-4-3-5-9-20)25(31)23-19-32-24(27-23)18-29-14-12-28(13-15-29)17-21-10-6-7-11-22(21)26/h3-11,19H,2,12-18H2,1H3. The molecule has 1 aliphatic heterocycles. The van der Waals surface area contributed by atoms with Crippen LogP contribution >= 0.6 is 0 Å². The summed E-state index contributed by atoms with van der Waals surface area (Å²) in [5.41, 5.74) is 2.16. The Kier molecular flexibility index (Phi) is 7.29. The molecule has 0 radical (unpaired) electrons. The number of aromatic nitrogens is 1. The van der Waals surface area contributed by atoms with Crippen LogP contribution in [0.5, 0.6) is 0 Å². The van der Waals surface area contributed by atoms with E-state index in [9.17, 15) is 9.18 Å². The van der Waals surface area contributed by atoms with Gasteiger partial charge in [0.2, 0.25) is 5.89 Å². The molecule has 1 aromatic heterocycles. The predicted molar refractivity (Wildman–Crippen MR) is 120 cm³/mol. The number of oxazole rings is 1. The first-order chi connectivity index (χ1) is 15.6. The molecule has 6 nitrogen and oxygen atoms in total. The van der Waals surface area contributed by atoms with Crippen molar-refractivity contribution < 1.29 is 13.6 Å². The molecule has 1 saturated heterocycles. The third-order valence-electron chi connectivity index (χ3n) is 5.83. The van der Waals surface area contributed by atoms with Crippen molar-refractivity contribution in [2.24, 2.45) is 0 Å². The maximum absolute atomic E-state index is 13.9. The van der Waals surface area contributed by atoms with E-state index < -0.39 is 0 Å². The average molecular weight is 437 g/mol. The third kappa shape index (κ3) is 5.60. The highest BCUT2D eigenvalue weighted by molar-refractivity contribution is 5.91. The van der Waals surface area contributed by atoms with Gasteiger partial charge in [-0.15, -0.1) is 0 Å². The normalized spacial score (nSPS) is 15.1. The van der Waals surface area contributed by atoms with Crippen molar-refractivity contribution in [2.75, 3.05) is 32.7 Å². The van der Waals surface area contributed by atoms with E-state index in [4.69, 9.17) is 4.42 Å². The van der Waals surface area contributed by atoms with Crippen molar-refractivity contribution in [3.63, 3.8) is 0 Å². The van der Waals surface area contributed by atoms with Crippen LogP contribution in [-0.2, 0) is 19.6 Å². The van der Waals surface area contributed by atoms with Crippen LogP contribution in [0.2, 0.25) is 0 Å². The molecule has 0 bridgehead atoms. The van der Waals surface area contributed by atoms with Crippen molar-refractivity contribution in [2.45, 2.75) is 26.6 Å². The number of amides is 1. The molecule has 0 atom stereocenters. The van der Waals surface area contributed by atoms with Crippen LogP contribution in [0.4, 0.5) is 4.39 Å². The Balaban J connectivity index is 1.29. The largest absolute Gasteiger partial charge is 0.447 e. The van der Waals surface area contributed by atoms with Gasteiger partial charge in [-0.25, -0.2) is 9.37 Å². The summed E-state index contributed by atoms with van der Waals surface area (Å²) in [6, 6.07) is 16.9. The fraction of sp³-hybridized carbons (Fsp3) is 0.360. The molecule has 2 aromatic carbocycles. The van der Waals surface area contributed by atoms with E-state index in [1.807, 2.05) is 49.4 Å². The lowest BCUT2D eigenvalue weighted by Gasteiger charge is -2.34. The van der Waals surface area contributed by atoms with Crippen molar-refractivity contribution in [3.05, 3.63) is 89.4 Å². The van der Waals surface area contributed by atoms with E-state index in [0.29, 0.717) is 37.8 Å². The Morgan fingerprint density at radius 3 is 2.34 bits per heavy atom. The van der Waals surface area contributed by atoms with Gasteiger partial charge in [0.1, 0.15) is 12.1 Å². The SMILES string of the molecule is CCN(Cc1ccccc1)C(=O)c1coc(CN2CCN(Cc3ccccc3F)CC2)n1. The molecule has 1 aliphatic rings. The fourth-order valence-corrected chi connectivity index (χ4v) is 3.94. The highest BCUT2D eigenvalue weighted by Gasteiger charge is 2.22. The molecule has 0 spiro atoms. The Hall–Kier alpha value is -3.03. The molecule has 0 N–H and O–H groups in total. The molecule has 32 heavy (non-hydrogen) atoms. The molecule has 0 saturated carbocycles. The molecule has 1 amide bonds.